The van der Waals surface area contributed by atoms with E-state index in [1.807, 2.05) is 13.8 Å². The van der Waals surface area contributed by atoms with Gasteiger partial charge in [-0.15, -0.1) is 0 Å². The molecule has 0 radical (unpaired) electrons. The summed E-state index contributed by atoms with van der Waals surface area (Å²) >= 11 is 0. The number of carboxylic acids is 1. The molecule has 4 atom stereocenters. The van der Waals surface area contributed by atoms with Crippen molar-refractivity contribution in [3.63, 3.8) is 0 Å². The number of carbonyl (C=O) groups excluding carboxylic acids is 4. The van der Waals surface area contributed by atoms with Gasteiger partial charge in [0.25, 0.3) is 0 Å². The lowest BCUT2D eigenvalue weighted by Crippen LogP contribution is -2.57. The van der Waals surface area contributed by atoms with Crippen molar-refractivity contribution in [2.24, 2.45) is 17.4 Å². The molecule has 194 valence electrons. The van der Waals surface area contributed by atoms with Crippen LogP contribution in [0.4, 0.5) is 0 Å². The first-order valence-corrected chi connectivity index (χ1v) is 11.6. The molecular weight excluding hydrogens is 458 g/mol. The highest BCUT2D eigenvalue weighted by atomic mass is 16.4. The van der Waals surface area contributed by atoms with E-state index >= 15 is 0 Å². The standard InChI is InChI=1S/C22H35N7O6/c1-12(2)8-16(28-19(31)14(23)9-13-10-25-11-26-13)20(32)27-15(5-6-18(24)30)21(33)29-7-3-4-17(29)22(34)35/h10-12,14-17H,3-9,23H2,1-2H3,(H2,24,30)(H,25,26)(H,27,32)(H,28,31)(H,34,35). The molecule has 8 N–H and O–H groups in total. The van der Waals surface area contributed by atoms with Crippen molar-refractivity contribution in [1.82, 2.24) is 25.5 Å². The molecule has 1 aromatic heterocycles. The van der Waals surface area contributed by atoms with Crippen LogP contribution in [0.2, 0.25) is 0 Å². The van der Waals surface area contributed by atoms with E-state index in [2.05, 4.69) is 20.6 Å². The maximum atomic E-state index is 13.2. The lowest BCUT2D eigenvalue weighted by atomic mass is 10.0. The molecule has 1 aliphatic rings. The number of H-pyrrole nitrogens is 1. The van der Waals surface area contributed by atoms with E-state index in [-0.39, 0.29) is 38.1 Å². The van der Waals surface area contributed by atoms with Crippen LogP contribution in [0.15, 0.2) is 12.5 Å². The first kappa shape index (κ1) is 27.8. The fraction of sp³-hybridized carbons (Fsp3) is 0.636. The van der Waals surface area contributed by atoms with Gasteiger partial charge in [0.1, 0.15) is 18.1 Å². The summed E-state index contributed by atoms with van der Waals surface area (Å²) in [5, 5.41) is 14.7. The van der Waals surface area contributed by atoms with Crippen LogP contribution in [0.25, 0.3) is 0 Å². The molecule has 1 aromatic rings. The highest BCUT2D eigenvalue weighted by Gasteiger charge is 2.38. The molecule has 0 aliphatic carbocycles. The second kappa shape index (κ2) is 12.8. The molecule has 2 heterocycles. The zero-order chi connectivity index (χ0) is 26.1. The van der Waals surface area contributed by atoms with Gasteiger partial charge < -0.3 is 37.1 Å². The van der Waals surface area contributed by atoms with Gasteiger partial charge in [-0.25, -0.2) is 9.78 Å². The normalized spacial score (nSPS) is 18.1. The third-order valence-electron chi connectivity index (χ3n) is 5.79. The van der Waals surface area contributed by atoms with Crippen LogP contribution in [-0.2, 0) is 30.4 Å². The van der Waals surface area contributed by atoms with Gasteiger partial charge in [-0.3, -0.25) is 19.2 Å². The molecule has 13 nitrogen and oxygen atoms in total. The highest BCUT2D eigenvalue weighted by Crippen LogP contribution is 2.20. The summed E-state index contributed by atoms with van der Waals surface area (Å²) in [4.78, 5) is 69.8. The van der Waals surface area contributed by atoms with Gasteiger partial charge in [0, 0.05) is 31.3 Å². The minimum atomic E-state index is -1.17. The SMILES string of the molecule is CC(C)CC(NC(=O)C(N)Cc1cnc[nH]1)C(=O)NC(CCC(N)=O)C(=O)N1CCCC1C(=O)O. The largest absolute Gasteiger partial charge is 0.480 e. The number of primary amides is 1. The molecule has 0 saturated carbocycles. The number of imidazole rings is 1. The fourth-order valence-corrected chi connectivity index (χ4v) is 4.01. The van der Waals surface area contributed by atoms with Crippen LogP contribution in [0.5, 0.6) is 0 Å². The Balaban J connectivity index is 2.13. The molecule has 4 unspecified atom stereocenters. The Morgan fingerprint density at radius 3 is 2.46 bits per heavy atom. The maximum Gasteiger partial charge on any atom is 0.326 e. The molecule has 0 bridgehead atoms. The molecule has 0 aromatic carbocycles. The molecule has 0 spiro atoms. The average Bonchev–Trinajstić information content (AvgIpc) is 3.47. The second-order valence-electron chi connectivity index (χ2n) is 9.17. The Morgan fingerprint density at radius 2 is 1.89 bits per heavy atom. The Labute approximate surface area is 203 Å². The Bertz CT molecular complexity index is 904. The monoisotopic (exact) mass is 493 g/mol. The van der Waals surface area contributed by atoms with E-state index in [1.54, 1.807) is 6.20 Å². The highest BCUT2D eigenvalue weighted by molar-refractivity contribution is 5.94. The molecule has 1 aliphatic heterocycles. The van der Waals surface area contributed by atoms with E-state index < -0.39 is 53.8 Å². The van der Waals surface area contributed by atoms with Crippen molar-refractivity contribution in [2.45, 2.75) is 76.5 Å². The van der Waals surface area contributed by atoms with E-state index in [4.69, 9.17) is 11.5 Å². The summed E-state index contributed by atoms with van der Waals surface area (Å²) in [6.07, 6.45) is 4.01. The van der Waals surface area contributed by atoms with Gasteiger partial charge in [-0.1, -0.05) is 13.8 Å². The number of nitrogens with two attached hydrogens (primary N) is 2. The molecule has 1 saturated heterocycles. The van der Waals surface area contributed by atoms with Crippen molar-refractivity contribution in [2.75, 3.05) is 6.54 Å². The molecule has 35 heavy (non-hydrogen) atoms. The quantitative estimate of drug-likeness (QED) is 0.192. The molecular formula is C22H35N7O6. The second-order valence-corrected chi connectivity index (χ2v) is 9.17. The number of aromatic nitrogens is 2. The van der Waals surface area contributed by atoms with Crippen molar-refractivity contribution in [3.8, 4) is 0 Å². The van der Waals surface area contributed by atoms with Crippen LogP contribution in [0.3, 0.4) is 0 Å². The van der Waals surface area contributed by atoms with Gasteiger partial charge in [0.2, 0.25) is 23.6 Å². The maximum absolute atomic E-state index is 13.2. The zero-order valence-corrected chi connectivity index (χ0v) is 20.0. The van der Waals surface area contributed by atoms with Gasteiger partial charge in [-0.05, 0) is 31.6 Å². The average molecular weight is 494 g/mol. The minimum Gasteiger partial charge on any atom is -0.480 e. The van der Waals surface area contributed by atoms with Gasteiger partial charge in [0.15, 0.2) is 0 Å². The fourth-order valence-electron chi connectivity index (χ4n) is 4.01. The number of carboxylic acid groups (broad SMARTS) is 1. The predicted octanol–water partition coefficient (Wildman–Crippen LogP) is -1.36. The molecule has 1 fully saturated rings. The van der Waals surface area contributed by atoms with Gasteiger partial charge in [0.05, 0.1) is 12.4 Å². The number of carbonyl (C=O) groups is 5. The van der Waals surface area contributed by atoms with Crippen LogP contribution in [-0.4, -0.2) is 80.3 Å². The molecule has 4 amide bonds. The first-order chi connectivity index (χ1) is 16.5. The van der Waals surface area contributed by atoms with Crippen molar-refractivity contribution < 1.29 is 29.1 Å². The van der Waals surface area contributed by atoms with E-state index in [9.17, 15) is 29.1 Å². The number of aromatic amines is 1. The molecule has 2 rings (SSSR count). The van der Waals surface area contributed by atoms with E-state index in [1.165, 1.54) is 11.2 Å². The summed E-state index contributed by atoms with van der Waals surface area (Å²) in [5.74, 6) is -3.56. The topological polar surface area (TPSA) is 214 Å². The summed E-state index contributed by atoms with van der Waals surface area (Å²) in [6, 6.07) is -4.10. The number of rotatable bonds is 13. The summed E-state index contributed by atoms with van der Waals surface area (Å²) in [5.41, 5.74) is 11.9. The van der Waals surface area contributed by atoms with Crippen LogP contribution >= 0.6 is 0 Å². The van der Waals surface area contributed by atoms with Crippen molar-refractivity contribution in [3.05, 3.63) is 18.2 Å². The number of aliphatic carboxylic acids is 1. The number of likely N-dealkylation sites (tertiary alicyclic amines) is 1. The zero-order valence-electron chi connectivity index (χ0n) is 20.0. The lowest BCUT2D eigenvalue weighted by molar-refractivity contribution is -0.149. The third kappa shape index (κ3) is 8.35. The van der Waals surface area contributed by atoms with Crippen LogP contribution in [0.1, 0.15) is 51.6 Å². The van der Waals surface area contributed by atoms with Crippen LogP contribution in [0, 0.1) is 5.92 Å². The molecule has 13 heteroatoms. The number of hydrogen-bond donors (Lipinski definition) is 6. The predicted molar refractivity (Wildman–Crippen MR) is 124 cm³/mol. The summed E-state index contributed by atoms with van der Waals surface area (Å²) < 4.78 is 0. The van der Waals surface area contributed by atoms with Gasteiger partial charge in [-0.2, -0.15) is 0 Å². The number of hydrogen-bond acceptors (Lipinski definition) is 7. The number of nitrogens with one attached hydrogen (secondary N) is 3. The smallest absolute Gasteiger partial charge is 0.326 e. The van der Waals surface area contributed by atoms with Gasteiger partial charge >= 0.3 is 5.97 Å². The van der Waals surface area contributed by atoms with Crippen molar-refractivity contribution in [1.29, 1.82) is 0 Å². The Kier molecular flexibility index (Phi) is 10.2. The van der Waals surface area contributed by atoms with Crippen molar-refractivity contribution >= 4 is 29.6 Å². The summed E-state index contributed by atoms with van der Waals surface area (Å²) in [7, 11) is 0. The van der Waals surface area contributed by atoms with E-state index in [0.717, 1.165) is 0 Å². The lowest BCUT2D eigenvalue weighted by Gasteiger charge is -2.29. The first-order valence-electron chi connectivity index (χ1n) is 11.6. The van der Waals surface area contributed by atoms with Crippen LogP contribution < -0.4 is 22.1 Å². The van der Waals surface area contributed by atoms with E-state index in [0.29, 0.717) is 18.5 Å². The number of amides is 4. The Hall–Kier alpha value is -3.48. The third-order valence-corrected chi connectivity index (χ3v) is 5.79. The number of nitrogens with zero attached hydrogens (tertiary/aromatic N) is 2. The minimum absolute atomic E-state index is 0.0182. The summed E-state index contributed by atoms with van der Waals surface area (Å²) in [6.45, 7) is 3.97. The Morgan fingerprint density at radius 1 is 1.20 bits per heavy atom.